The molecule has 41 heavy (non-hydrogen) atoms. The van der Waals surface area contributed by atoms with Crippen molar-refractivity contribution in [1.29, 1.82) is 0 Å². The second-order valence-corrected chi connectivity index (χ2v) is 12.6. The predicted octanol–water partition coefficient (Wildman–Crippen LogP) is 4.14. The van der Waals surface area contributed by atoms with E-state index in [-0.39, 0.29) is 40.4 Å². The van der Waals surface area contributed by atoms with Crippen LogP contribution in [-0.2, 0) is 26.7 Å². The quantitative estimate of drug-likeness (QED) is 0.359. The fourth-order valence-electron chi connectivity index (χ4n) is 4.34. The molecule has 1 aliphatic rings. The lowest BCUT2D eigenvalue weighted by atomic mass is 9.87. The first-order valence-electron chi connectivity index (χ1n) is 13.4. The van der Waals surface area contributed by atoms with E-state index in [0.717, 1.165) is 18.7 Å². The molecule has 2 aromatic carbocycles. The number of aliphatic carboxylic acids is 1. The molecule has 2 heterocycles. The van der Waals surface area contributed by atoms with Gasteiger partial charge in [0.15, 0.2) is 23.1 Å². The van der Waals surface area contributed by atoms with E-state index >= 15 is 0 Å². The number of carboxylic acids is 1. The zero-order valence-electron chi connectivity index (χ0n) is 24.0. The molecule has 0 unspecified atom stereocenters. The van der Waals surface area contributed by atoms with Crippen molar-refractivity contribution in [2.75, 3.05) is 50.0 Å². The van der Waals surface area contributed by atoms with E-state index < -0.39 is 16.0 Å². The van der Waals surface area contributed by atoms with Gasteiger partial charge in [-0.15, -0.1) is 0 Å². The number of nitrogens with zero attached hydrogens (tertiary/aromatic N) is 4. The number of carbonyl (C=O) groups is 1. The lowest BCUT2D eigenvalue weighted by molar-refractivity contribution is -0.136. The van der Waals surface area contributed by atoms with Crippen LogP contribution < -0.4 is 19.1 Å². The van der Waals surface area contributed by atoms with Gasteiger partial charge in [0.2, 0.25) is 5.95 Å². The first kappa shape index (κ1) is 30.1. The van der Waals surface area contributed by atoms with Crippen LogP contribution in [0.15, 0.2) is 53.4 Å². The van der Waals surface area contributed by atoms with Gasteiger partial charge in [0, 0.05) is 32.6 Å². The standard InChI is InChI=1S/C29H37N5O6S/c1-29(2,3)20-10-12-21(13-11-20)41(37,38)32-27-26(40-24-9-7-6-8-23(24)39-5)22(14-15-25(35)36)30-28(31-27)34-18-16-33(4)17-19-34/h6-13H,14-19H2,1-5H3,(H,35,36)(H,30,31,32). The zero-order chi connectivity index (χ0) is 29.8. The molecule has 12 heteroatoms. The van der Waals surface area contributed by atoms with Crippen molar-refractivity contribution in [2.24, 2.45) is 0 Å². The van der Waals surface area contributed by atoms with E-state index in [1.165, 1.54) is 7.11 Å². The Hall–Kier alpha value is -3.90. The number of anilines is 2. The van der Waals surface area contributed by atoms with Crippen molar-refractivity contribution >= 4 is 27.8 Å². The summed E-state index contributed by atoms with van der Waals surface area (Å²) in [4.78, 5) is 25.0. The van der Waals surface area contributed by atoms with Gasteiger partial charge in [-0.25, -0.2) is 13.4 Å². The second kappa shape index (κ2) is 12.3. The summed E-state index contributed by atoms with van der Waals surface area (Å²) in [5.41, 5.74) is 1.11. The molecule has 0 atom stereocenters. The summed E-state index contributed by atoms with van der Waals surface area (Å²) in [6, 6.07) is 13.6. The number of benzene rings is 2. The van der Waals surface area contributed by atoms with Crippen molar-refractivity contribution in [3.63, 3.8) is 0 Å². The van der Waals surface area contributed by atoms with E-state index in [1.54, 1.807) is 48.5 Å². The van der Waals surface area contributed by atoms with Gasteiger partial charge in [0.05, 0.1) is 24.1 Å². The summed E-state index contributed by atoms with van der Waals surface area (Å²) < 4.78 is 41.5. The highest BCUT2D eigenvalue weighted by Crippen LogP contribution is 2.38. The minimum Gasteiger partial charge on any atom is -0.493 e. The highest BCUT2D eigenvalue weighted by Gasteiger charge is 2.27. The van der Waals surface area contributed by atoms with Crippen LogP contribution in [0.4, 0.5) is 11.8 Å². The molecular formula is C29H37N5O6S. The van der Waals surface area contributed by atoms with Crippen LogP contribution >= 0.6 is 0 Å². The summed E-state index contributed by atoms with van der Waals surface area (Å²) in [5.74, 6) is -0.0757. The van der Waals surface area contributed by atoms with Crippen molar-refractivity contribution in [3.8, 4) is 17.2 Å². The third kappa shape index (κ3) is 7.44. The number of aromatic nitrogens is 2. The third-order valence-electron chi connectivity index (χ3n) is 6.83. The average molecular weight is 584 g/mol. The number of likely N-dealkylation sites (N-methyl/N-ethyl adjacent to an activating group) is 1. The van der Waals surface area contributed by atoms with Gasteiger partial charge >= 0.3 is 5.97 Å². The van der Waals surface area contributed by atoms with Crippen molar-refractivity contribution in [1.82, 2.24) is 14.9 Å². The molecule has 3 aromatic rings. The number of rotatable bonds is 10. The minimum absolute atomic E-state index is 0.00190. The number of hydrogen-bond donors (Lipinski definition) is 2. The highest BCUT2D eigenvalue weighted by molar-refractivity contribution is 7.92. The number of hydrogen-bond acceptors (Lipinski definition) is 9. The monoisotopic (exact) mass is 583 g/mol. The molecule has 0 radical (unpaired) electrons. The lowest BCUT2D eigenvalue weighted by Crippen LogP contribution is -2.45. The maximum absolute atomic E-state index is 13.6. The molecule has 1 aromatic heterocycles. The number of para-hydroxylation sites is 2. The highest BCUT2D eigenvalue weighted by atomic mass is 32.2. The fraction of sp³-hybridized carbons (Fsp3) is 0.414. The number of ether oxygens (including phenoxy) is 2. The van der Waals surface area contributed by atoms with Gasteiger partial charge in [-0.2, -0.15) is 4.98 Å². The molecule has 0 amide bonds. The molecule has 1 aliphatic heterocycles. The molecule has 2 N–H and O–H groups in total. The molecule has 220 valence electrons. The Morgan fingerprint density at radius 3 is 2.22 bits per heavy atom. The van der Waals surface area contributed by atoms with Crippen LogP contribution in [0, 0.1) is 0 Å². The van der Waals surface area contributed by atoms with Crippen molar-refractivity contribution in [2.45, 2.75) is 43.9 Å². The number of aryl methyl sites for hydroxylation is 1. The molecule has 1 saturated heterocycles. The fourth-order valence-corrected chi connectivity index (χ4v) is 5.34. The average Bonchev–Trinajstić information content (AvgIpc) is 2.93. The summed E-state index contributed by atoms with van der Waals surface area (Å²) in [6.07, 6.45) is -0.236. The van der Waals surface area contributed by atoms with Crippen molar-refractivity contribution in [3.05, 3.63) is 59.8 Å². The number of piperazine rings is 1. The van der Waals surface area contributed by atoms with E-state index in [4.69, 9.17) is 9.47 Å². The van der Waals surface area contributed by atoms with Gasteiger partial charge in [-0.1, -0.05) is 45.0 Å². The normalized spacial score (nSPS) is 14.5. The Balaban J connectivity index is 1.82. The van der Waals surface area contributed by atoms with Crippen LogP contribution in [0.1, 0.15) is 38.4 Å². The number of sulfonamides is 1. The first-order chi connectivity index (χ1) is 19.4. The minimum atomic E-state index is -4.10. The van der Waals surface area contributed by atoms with Crippen LogP contribution in [0.2, 0.25) is 0 Å². The summed E-state index contributed by atoms with van der Waals surface area (Å²) in [6.45, 7) is 8.95. The van der Waals surface area contributed by atoms with Gasteiger partial charge in [-0.3, -0.25) is 9.52 Å². The summed E-state index contributed by atoms with van der Waals surface area (Å²) in [7, 11) is -0.594. The van der Waals surface area contributed by atoms with Crippen LogP contribution in [0.3, 0.4) is 0 Å². The Kier molecular flexibility index (Phi) is 9.03. The van der Waals surface area contributed by atoms with Crippen LogP contribution in [-0.4, -0.2) is 74.7 Å². The number of methoxy groups -OCH3 is 1. The summed E-state index contributed by atoms with van der Waals surface area (Å²) >= 11 is 0. The first-order valence-corrected chi connectivity index (χ1v) is 14.9. The van der Waals surface area contributed by atoms with E-state index in [0.29, 0.717) is 30.5 Å². The Morgan fingerprint density at radius 2 is 1.63 bits per heavy atom. The van der Waals surface area contributed by atoms with Gasteiger partial charge in [-0.05, 0) is 42.3 Å². The Labute approximate surface area is 241 Å². The van der Waals surface area contributed by atoms with Gasteiger partial charge < -0.3 is 24.4 Å². The molecule has 0 spiro atoms. The van der Waals surface area contributed by atoms with Gasteiger partial charge in [0.25, 0.3) is 10.0 Å². The largest absolute Gasteiger partial charge is 0.493 e. The number of nitrogens with one attached hydrogen (secondary N) is 1. The zero-order valence-corrected chi connectivity index (χ0v) is 24.9. The third-order valence-corrected chi connectivity index (χ3v) is 8.18. The van der Waals surface area contributed by atoms with E-state index in [2.05, 4.69) is 40.4 Å². The molecule has 11 nitrogen and oxygen atoms in total. The summed E-state index contributed by atoms with van der Waals surface area (Å²) in [5, 5.41) is 9.44. The maximum atomic E-state index is 13.6. The molecule has 0 aliphatic carbocycles. The molecule has 0 saturated carbocycles. The second-order valence-electron chi connectivity index (χ2n) is 11.0. The molecule has 4 rings (SSSR count). The van der Waals surface area contributed by atoms with Crippen LogP contribution in [0.25, 0.3) is 0 Å². The molecule has 0 bridgehead atoms. The maximum Gasteiger partial charge on any atom is 0.303 e. The lowest BCUT2D eigenvalue weighted by Gasteiger charge is -2.33. The van der Waals surface area contributed by atoms with Crippen LogP contribution in [0.5, 0.6) is 17.2 Å². The SMILES string of the molecule is COc1ccccc1Oc1c(CCC(=O)O)nc(N2CCN(C)CC2)nc1NS(=O)(=O)c1ccc(C(C)(C)C)cc1. The Bertz CT molecular complexity index is 1480. The molecule has 1 fully saturated rings. The Morgan fingerprint density at radius 1 is 1.00 bits per heavy atom. The van der Waals surface area contributed by atoms with Gasteiger partial charge in [0.1, 0.15) is 0 Å². The van der Waals surface area contributed by atoms with Crippen molar-refractivity contribution < 1.29 is 27.8 Å². The topological polar surface area (TPSA) is 134 Å². The predicted molar refractivity (Wildman–Crippen MR) is 157 cm³/mol. The smallest absolute Gasteiger partial charge is 0.303 e. The van der Waals surface area contributed by atoms with E-state index in [1.807, 2.05) is 11.9 Å². The number of carboxylic acid groups (broad SMARTS) is 1. The molecular weight excluding hydrogens is 546 g/mol. The van der Waals surface area contributed by atoms with E-state index in [9.17, 15) is 18.3 Å².